The largest absolute Gasteiger partial charge is 0.312 e. The van der Waals surface area contributed by atoms with Crippen LogP contribution in [0.4, 0.5) is 4.39 Å². The van der Waals surface area contributed by atoms with Crippen molar-refractivity contribution in [1.82, 2.24) is 10.2 Å². The molecule has 1 N–H and O–H groups in total. The Morgan fingerprint density at radius 1 is 1.15 bits per heavy atom. The van der Waals surface area contributed by atoms with Gasteiger partial charge in [0.15, 0.2) is 0 Å². The first-order chi connectivity index (χ1) is 9.69. The van der Waals surface area contributed by atoms with E-state index in [0.29, 0.717) is 12.0 Å². The number of likely N-dealkylation sites (tertiary alicyclic amines) is 1. The Bertz CT molecular complexity index is 427. The Labute approximate surface area is 121 Å². The van der Waals surface area contributed by atoms with Crippen LogP contribution in [0.5, 0.6) is 0 Å². The van der Waals surface area contributed by atoms with E-state index in [9.17, 15) is 4.39 Å². The molecule has 1 saturated heterocycles. The van der Waals surface area contributed by atoms with Crippen LogP contribution >= 0.6 is 0 Å². The second kappa shape index (κ2) is 6.23. The molecular formula is C17H25FN2. The summed E-state index contributed by atoms with van der Waals surface area (Å²) >= 11 is 0. The van der Waals surface area contributed by atoms with Crippen molar-refractivity contribution in [3.05, 3.63) is 35.6 Å². The molecule has 1 aromatic carbocycles. The predicted octanol–water partition coefficient (Wildman–Crippen LogP) is 2.69. The van der Waals surface area contributed by atoms with Gasteiger partial charge in [-0.1, -0.05) is 12.1 Å². The third-order valence-corrected chi connectivity index (χ3v) is 4.55. The maximum absolute atomic E-state index is 13.0. The lowest BCUT2D eigenvalue weighted by Gasteiger charge is -2.36. The van der Waals surface area contributed by atoms with Gasteiger partial charge in [-0.25, -0.2) is 4.39 Å². The van der Waals surface area contributed by atoms with Crippen molar-refractivity contribution in [3.63, 3.8) is 0 Å². The van der Waals surface area contributed by atoms with Gasteiger partial charge < -0.3 is 10.2 Å². The van der Waals surface area contributed by atoms with E-state index in [0.717, 1.165) is 25.4 Å². The van der Waals surface area contributed by atoms with E-state index in [2.05, 4.69) is 17.3 Å². The van der Waals surface area contributed by atoms with Gasteiger partial charge in [0.2, 0.25) is 0 Å². The Morgan fingerprint density at radius 2 is 1.90 bits per heavy atom. The van der Waals surface area contributed by atoms with Crippen molar-refractivity contribution in [2.75, 3.05) is 26.7 Å². The molecule has 3 heteroatoms. The molecule has 0 amide bonds. The minimum Gasteiger partial charge on any atom is -0.312 e. The molecule has 1 aliphatic carbocycles. The lowest BCUT2D eigenvalue weighted by molar-refractivity contribution is 0.168. The van der Waals surface area contributed by atoms with Crippen molar-refractivity contribution < 1.29 is 4.39 Å². The number of benzene rings is 1. The summed E-state index contributed by atoms with van der Waals surface area (Å²) in [4.78, 5) is 2.43. The number of hydrogen-bond donors (Lipinski definition) is 1. The number of rotatable bonds is 5. The molecule has 1 heterocycles. The standard InChI is InChI=1S/C17H25FN2/c1-20-11-15(8-13-4-6-16(18)7-5-13)9-17(12-20)19-10-14-2-3-14/h4-7,14-15,17,19H,2-3,8-12H2,1H3. The molecule has 2 aliphatic rings. The van der Waals surface area contributed by atoms with Crippen molar-refractivity contribution in [3.8, 4) is 0 Å². The highest BCUT2D eigenvalue weighted by atomic mass is 19.1. The Kier molecular flexibility index (Phi) is 4.37. The van der Waals surface area contributed by atoms with Crippen molar-refractivity contribution in [2.24, 2.45) is 11.8 Å². The first kappa shape index (κ1) is 14.0. The molecular weight excluding hydrogens is 251 g/mol. The second-order valence-corrected chi connectivity index (χ2v) is 6.70. The molecule has 0 radical (unpaired) electrons. The SMILES string of the molecule is CN1CC(Cc2ccc(F)cc2)CC(NCC2CC2)C1. The molecule has 0 bridgehead atoms. The van der Waals surface area contributed by atoms with Gasteiger partial charge in [-0.3, -0.25) is 0 Å². The average molecular weight is 276 g/mol. The molecule has 1 saturated carbocycles. The van der Waals surface area contributed by atoms with E-state index in [4.69, 9.17) is 0 Å². The maximum atomic E-state index is 13.0. The number of likely N-dealkylation sites (N-methyl/N-ethyl adjacent to an activating group) is 1. The third-order valence-electron chi connectivity index (χ3n) is 4.55. The fourth-order valence-corrected chi connectivity index (χ4v) is 3.35. The number of hydrogen-bond acceptors (Lipinski definition) is 2. The van der Waals surface area contributed by atoms with Crippen LogP contribution < -0.4 is 5.32 Å². The Hall–Kier alpha value is -0.930. The summed E-state index contributed by atoms with van der Waals surface area (Å²) in [5.41, 5.74) is 1.26. The normalized spacial score (nSPS) is 27.7. The molecule has 2 fully saturated rings. The lowest BCUT2D eigenvalue weighted by Crippen LogP contribution is -2.48. The van der Waals surface area contributed by atoms with E-state index in [1.807, 2.05) is 12.1 Å². The summed E-state index contributed by atoms with van der Waals surface area (Å²) in [5, 5.41) is 3.74. The minimum absolute atomic E-state index is 0.140. The molecule has 3 rings (SSSR count). The minimum atomic E-state index is -0.140. The van der Waals surface area contributed by atoms with Gasteiger partial charge in [0, 0.05) is 19.1 Å². The topological polar surface area (TPSA) is 15.3 Å². The zero-order chi connectivity index (χ0) is 13.9. The van der Waals surface area contributed by atoms with Crippen LogP contribution in [-0.4, -0.2) is 37.6 Å². The summed E-state index contributed by atoms with van der Waals surface area (Å²) in [5.74, 6) is 1.48. The summed E-state index contributed by atoms with van der Waals surface area (Å²) < 4.78 is 13.0. The quantitative estimate of drug-likeness (QED) is 0.889. The summed E-state index contributed by atoms with van der Waals surface area (Å²) in [6, 6.07) is 7.63. The fourth-order valence-electron chi connectivity index (χ4n) is 3.35. The Balaban J connectivity index is 1.53. The van der Waals surface area contributed by atoms with Crippen LogP contribution in [0.3, 0.4) is 0 Å². The zero-order valence-corrected chi connectivity index (χ0v) is 12.3. The van der Waals surface area contributed by atoms with Gasteiger partial charge >= 0.3 is 0 Å². The highest BCUT2D eigenvalue weighted by Crippen LogP contribution is 2.28. The monoisotopic (exact) mass is 276 g/mol. The van der Waals surface area contributed by atoms with E-state index < -0.39 is 0 Å². The molecule has 0 aromatic heterocycles. The van der Waals surface area contributed by atoms with E-state index in [1.165, 1.54) is 31.4 Å². The van der Waals surface area contributed by atoms with Gasteiger partial charge in [-0.2, -0.15) is 0 Å². The average Bonchev–Trinajstić information content (AvgIpc) is 3.23. The van der Waals surface area contributed by atoms with Crippen LogP contribution in [0.25, 0.3) is 0 Å². The number of halogens is 1. The van der Waals surface area contributed by atoms with Crippen LogP contribution in [0.15, 0.2) is 24.3 Å². The van der Waals surface area contributed by atoms with E-state index in [-0.39, 0.29) is 5.82 Å². The number of nitrogens with zero attached hydrogens (tertiary/aromatic N) is 1. The summed E-state index contributed by atoms with van der Waals surface area (Å²) in [6.45, 7) is 3.51. The molecule has 1 aliphatic heterocycles. The zero-order valence-electron chi connectivity index (χ0n) is 12.3. The Morgan fingerprint density at radius 3 is 2.60 bits per heavy atom. The van der Waals surface area contributed by atoms with Crippen molar-refractivity contribution in [1.29, 1.82) is 0 Å². The van der Waals surface area contributed by atoms with Gasteiger partial charge in [0.1, 0.15) is 5.82 Å². The lowest BCUT2D eigenvalue weighted by atomic mass is 9.89. The molecule has 2 atom stereocenters. The van der Waals surface area contributed by atoms with Gasteiger partial charge in [-0.05, 0) is 68.8 Å². The van der Waals surface area contributed by atoms with Crippen LogP contribution in [-0.2, 0) is 6.42 Å². The molecule has 110 valence electrons. The first-order valence-electron chi connectivity index (χ1n) is 7.85. The molecule has 0 spiro atoms. The highest BCUT2D eigenvalue weighted by molar-refractivity contribution is 5.17. The van der Waals surface area contributed by atoms with E-state index >= 15 is 0 Å². The van der Waals surface area contributed by atoms with Crippen LogP contribution in [0.2, 0.25) is 0 Å². The van der Waals surface area contributed by atoms with Gasteiger partial charge in [0.05, 0.1) is 0 Å². The van der Waals surface area contributed by atoms with Crippen molar-refractivity contribution >= 4 is 0 Å². The molecule has 20 heavy (non-hydrogen) atoms. The summed E-state index contributed by atoms with van der Waals surface area (Å²) in [6.07, 6.45) is 5.13. The predicted molar refractivity (Wildman–Crippen MR) is 80.2 cm³/mol. The first-order valence-corrected chi connectivity index (χ1v) is 7.85. The van der Waals surface area contributed by atoms with Crippen molar-refractivity contribution in [2.45, 2.75) is 31.7 Å². The van der Waals surface area contributed by atoms with E-state index in [1.54, 1.807) is 12.1 Å². The molecule has 2 nitrogen and oxygen atoms in total. The van der Waals surface area contributed by atoms with Gasteiger partial charge in [-0.15, -0.1) is 0 Å². The third kappa shape index (κ3) is 4.03. The van der Waals surface area contributed by atoms with Crippen LogP contribution in [0, 0.1) is 17.7 Å². The maximum Gasteiger partial charge on any atom is 0.123 e. The highest BCUT2D eigenvalue weighted by Gasteiger charge is 2.27. The number of piperidine rings is 1. The number of nitrogens with one attached hydrogen (secondary N) is 1. The molecule has 2 unspecified atom stereocenters. The molecule has 1 aromatic rings. The summed E-state index contributed by atoms with van der Waals surface area (Å²) in [7, 11) is 2.21. The smallest absolute Gasteiger partial charge is 0.123 e. The van der Waals surface area contributed by atoms with Gasteiger partial charge in [0.25, 0.3) is 0 Å². The fraction of sp³-hybridized carbons (Fsp3) is 0.647. The van der Waals surface area contributed by atoms with Crippen LogP contribution in [0.1, 0.15) is 24.8 Å². The second-order valence-electron chi connectivity index (χ2n) is 6.70.